The van der Waals surface area contributed by atoms with Crippen LogP contribution in [0.3, 0.4) is 0 Å². The van der Waals surface area contributed by atoms with Crippen molar-refractivity contribution < 1.29 is 0 Å². The molecule has 12 rings (SSSR count). The lowest BCUT2D eigenvalue weighted by molar-refractivity contribution is -0.00938. The van der Waals surface area contributed by atoms with E-state index in [9.17, 15) is 0 Å². The van der Waals surface area contributed by atoms with Gasteiger partial charge in [-0.05, 0) is 117 Å². The number of fused-ring (bicyclic) bond motifs is 2. The Morgan fingerprint density at radius 3 is 1.57 bits per heavy atom. The maximum absolute atomic E-state index is 5.50. The molecule has 7 aromatic carbocycles. The van der Waals surface area contributed by atoms with Crippen LogP contribution in [0.4, 0.5) is 0 Å². The average molecular weight is 696 g/mol. The van der Waals surface area contributed by atoms with Gasteiger partial charge in [-0.15, -0.1) is 0 Å². The second-order valence-corrected chi connectivity index (χ2v) is 16.3. The Bertz CT molecular complexity index is 2660. The van der Waals surface area contributed by atoms with Gasteiger partial charge in [0.05, 0.1) is 0 Å². The van der Waals surface area contributed by atoms with E-state index in [1.165, 1.54) is 82.3 Å². The quantitative estimate of drug-likeness (QED) is 0.174. The third kappa shape index (κ3) is 5.37. The van der Waals surface area contributed by atoms with Crippen molar-refractivity contribution in [3.63, 3.8) is 0 Å². The summed E-state index contributed by atoms with van der Waals surface area (Å²) in [4.78, 5) is 16.3. The van der Waals surface area contributed by atoms with Gasteiger partial charge in [-0.3, -0.25) is 0 Å². The molecule has 0 unspecified atom stereocenters. The fourth-order valence-electron chi connectivity index (χ4n) is 10.8. The second-order valence-electron chi connectivity index (χ2n) is 16.3. The number of benzene rings is 7. The van der Waals surface area contributed by atoms with Crippen molar-refractivity contribution in [3.8, 4) is 56.2 Å². The van der Waals surface area contributed by atoms with E-state index in [2.05, 4.69) is 158 Å². The molecule has 1 heterocycles. The zero-order valence-corrected chi connectivity index (χ0v) is 30.3. The summed E-state index contributed by atoms with van der Waals surface area (Å²) in [5.41, 5.74) is 9.30. The molecule has 4 aliphatic rings. The third-order valence-electron chi connectivity index (χ3n) is 12.8. The SMILES string of the molecule is c1cc(-c2ccc(-c3cccc4ccccc34)cc2)cc(-c2nc(-c3ccccc3-c3cccc4ccccc34)nc(C34CC5CC(CC(C5)C3)C4)n2)c1. The number of rotatable bonds is 6. The normalized spacial score (nSPS) is 21.5. The van der Waals surface area contributed by atoms with Gasteiger partial charge in [-0.25, -0.2) is 15.0 Å². The van der Waals surface area contributed by atoms with Crippen LogP contribution in [0.25, 0.3) is 77.7 Å². The highest BCUT2D eigenvalue weighted by molar-refractivity contribution is 6.00. The Kier molecular flexibility index (Phi) is 7.37. The monoisotopic (exact) mass is 695 g/mol. The summed E-state index contributed by atoms with van der Waals surface area (Å²) in [7, 11) is 0. The molecule has 1 aromatic heterocycles. The van der Waals surface area contributed by atoms with Crippen LogP contribution in [0.5, 0.6) is 0 Å². The smallest absolute Gasteiger partial charge is 0.164 e. The molecule has 8 aromatic rings. The number of nitrogens with zero attached hydrogens (tertiary/aromatic N) is 3. The highest BCUT2D eigenvalue weighted by atomic mass is 15.0. The number of hydrogen-bond acceptors (Lipinski definition) is 3. The van der Waals surface area contributed by atoms with Gasteiger partial charge in [0, 0.05) is 16.5 Å². The molecular weight excluding hydrogens is 655 g/mol. The van der Waals surface area contributed by atoms with Crippen molar-refractivity contribution >= 4 is 21.5 Å². The van der Waals surface area contributed by atoms with E-state index < -0.39 is 0 Å². The summed E-state index contributed by atoms with van der Waals surface area (Å²) in [6, 6.07) is 56.9. The van der Waals surface area contributed by atoms with E-state index in [-0.39, 0.29) is 5.41 Å². The van der Waals surface area contributed by atoms with Crippen molar-refractivity contribution in [1.29, 1.82) is 0 Å². The standard InChI is InChI=1S/C51H41N3/c1-3-16-42-37(10-1)12-8-20-43(42)39-24-22-36(23-25-39)40-14-7-15-41(29-40)48-52-49(54-50(53-48)51-30-33-26-34(31-51)28-35(27-33)32-51)47-19-6-5-18-46(47)45-21-9-13-38-11-2-4-17-44(38)45/h1-25,29,33-35H,26-28,30-32H2. The maximum Gasteiger partial charge on any atom is 0.164 e. The Morgan fingerprint density at radius 2 is 0.870 bits per heavy atom. The van der Waals surface area contributed by atoms with Crippen LogP contribution in [0.15, 0.2) is 158 Å². The zero-order chi connectivity index (χ0) is 35.6. The molecule has 3 nitrogen and oxygen atoms in total. The minimum atomic E-state index is 0.0324. The molecule has 0 saturated heterocycles. The Balaban J connectivity index is 1.03. The Morgan fingerprint density at radius 1 is 0.370 bits per heavy atom. The molecule has 54 heavy (non-hydrogen) atoms. The van der Waals surface area contributed by atoms with Gasteiger partial charge in [0.25, 0.3) is 0 Å². The Labute approximate surface area is 316 Å². The largest absolute Gasteiger partial charge is 0.212 e. The van der Waals surface area contributed by atoms with Gasteiger partial charge in [-0.1, -0.05) is 152 Å². The first kappa shape index (κ1) is 31.6. The molecule has 0 N–H and O–H groups in total. The minimum Gasteiger partial charge on any atom is -0.212 e. The van der Waals surface area contributed by atoms with Crippen LogP contribution in [-0.4, -0.2) is 15.0 Å². The highest BCUT2D eigenvalue weighted by Gasteiger charge is 2.53. The van der Waals surface area contributed by atoms with Crippen molar-refractivity contribution in [2.45, 2.75) is 43.9 Å². The molecule has 0 atom stereocenters. The summed E-state index contributed by atoms with van der Waals surface area (Å²) in [6.45, 7) is 0. The summed E-state index contributed by atoms with van der Waals surface area (Å²) < 4.78 is 0. The van der Waals surface area contributed by atoms with Gasteiger partial charge in [0.15, 0.2) is 11.6 Å². The van der Waals surface area contributed by atoms with Gasteiger partial charge >= 0.3 is 0 Å². The topological polar surface area (TPSA) is 38.7 Å². The number of aromatic nitrogens is 3. The fraction of sp³-hybridized carbons (Fsp3) is 0.196. The maximum atomic E-state index is 5.50. The van der Waals surface area contributed by atoms with E-state index in [0.717, 1.165) is 57.5 Å². The van der Waals surface area contributed by atoms with Crippen LogP contribution < -0.4 is 0 Å². The van der Waals surface area contributed by atoms with E-state index in [4.69, 9.17) is 15.0 Å². The molecule has 4 fully saturated rings. The first-order valence-electron chi connectivity index (χ1n) is 19.7. The second kappa shape index (κ2) is 12.6. The van der Waals surface area contributed by atoms with Crippen molar-refractivity contribution in [1.82, 2.24) is 15.0 Å². The van der Waals surface area contributed by atoms with Gasteiger partial charge < -0.3 is 0 Å². The summed E-state index contributed by atoms with van der Waals surface area (Å²) in [5, 5.41) is 5.01. The first-order valence-corrected chi connectivity index (χ1v) is 19.7. The van der Waals surface area contributed by atoms with Crippen LogP contribution in [0.2, 0.25) is 0 Å². The van der Waals surface area contributed by atoms with Gasteiger partial charge in [-0.2, -0.15) is 0 Å². The van der Waals surface area contributed by atoms with E-state index >= 15 is 0 Å². The summed E-state index contributed by atoms with van der Waals surface area (Å²) in [5.74, 6) is 4.94. The van der Waals surface area contributed by atoms with E-state index in [1.54, 1.807) is 0 Å². The Hall–Kier alpha value is -5.93. The molecule has 4 saturated carbocycles. The lowest BCUT2D eigenvalue weighted by atomic mass is 9.49. The lowest BCUT2D eigenvalue weighted by Crippen LogP contribution is -2.49. The summed E-state index contributed by atoms with van der Waals surface area (Å²) >= 11 is 0. The number of hydrogen-bond donors (Lipinski definition) is 0. The fourth-order valence-corrected chi connectivity index (χ4v) is 10.8. The van der Waals surface area contributed by atoms with Crippen LogP contribution in [0, 0.1) is 17.8 Å². The minimum absolute atomic E-state index is 0.0324. The highest BCUT2D eigenvalue weighted by Crippen LogP contribution is 2.60. The molecule has 260 valence electrons. The summed E-state index contributed by atoms with van der Waals surface area (Å²) in [6.07, 6.45) is 7.77. The van der Waals surface area contributed by atoms with Gasteiger partial charge in [0.2, 0.25) is 0 Å². The predicted molar refractivity (Wildman–Crippen MR) is 222 cm³/mol. The van der Waals surface area contributed by atoms with Crippen molar-refractivity contribution in [3.05, 3.63) is 164 Å². The van der Waals surface area contributed by atoms with Crippen LogP contribution in [-0.2, 0) is 5.41 Å². The molecule has 0 radical (unpaired) electrons. The average Bonchev–Trinajstić information content (AvgIpc) is 3.23. The van der Waals surface area contributed by atoms with Crippen LogP contribution in [0.1, 0.15) is 44.3 Å². The molecular formula is C51H41N3. The predicted octanol–water partition coefficient (Wildman–Crippen LogP) is 13.0. The third-order valence-corrected chi connectivity index (χ3v) is 12.8. The van der Waals surface area contributed by atoms with Crippen molar-refractivity contribution in [2.75, 3.05) is 0 Å². The molecule has 4 bridgehead atoms. The molecule has 0 aliphatic heterocycles. The van der Waals surface area contributed by atoms with Crippen LogP contribution >= 0.6 is 0 Å². The molecule has 4 aliphatic carbocycles. The molecule has 3 heteroatoms. The molecule has 0 amide bonds. The van der Waals surface area contributed by atoms with Crippen molar-refractivity contribution in [2.24, 2.45) is 17.8 Å². The first-order chi connectivity index (χ1) is 26.7. The molecule has 0 spiro atoms. The van der Waals surface area contributed by atoms with Gasteiger partial charge in [0.1, 0.15) is 5.82 Å². The lowest BCUT2D eigenvalue weighted by Gasteiger charge is -2.56. The zero-order valence-electron chi connectivity index (χ0n) is 30.3. The van der Waals surface area contributed by atoms with E-state index in [1.807, 2.05) is 0 Å². The van der Waals surface area contributed by atoms with E-state index in [0.29, 0.717) is 0 Å².